The van der Waals surface area contributed by atoms with Crippen LogP contribution in [-0.4, -0.2) is 44.2 Å². The largest absolute Gasteiger partial charge is 0.383 e. The zero-order valence-electron chi connectivity index (χ0n) is 11.1. The summed E-state index contributed by atoms with van der Waals surface area (Å²) in [5, 5.41) is 6.99. The van der Waals surface area contributed by atoms with Crippen LogP contribution in [0.5, 0.6) is 0 Å². The molecule has 1 aromatic carbocycles. The van der Waals surface area contributed by atoms with Crippen molar-refractivity contribution in [2.75, 3.05) is 38.5 Å². The van der Waals surface area contributed by atoms with Crippen molar-refractivity contribution in [1.29, 1.82) is 0 Å². The summed E-state index contributed by atoms with van der Waals surface area (Å²) in [4.78, 5) is 2.42. The SMILES string of the molecule is Cc1cc(C)cc(NCC2CNCCN2C)c1. The van der Waals surface area contributed by atoms with Gasteiger partial charge < -0.3 is 10.6 Å². The fourth-order valence-corrected chi connectivity index (χ4v) is 2.40. The maximum Gasteiger partial charge on any atom is 0.0390 e. The molecule has 2 N–H and O–H groups in total. The van der Waals surface area contributed by atoms with Gasteiger partial charge in [0.2, 0.25) is 0 Å². The first kappa shape index (κ1) is 12.4. The van der Waals surface area contributed by atoms with Crippen LogP contribution in [0.25, 0.3) is 0 Å². The molecule has 1 aromatic rings. The van der Waals surface area contributed by atoms with Gasteiger partial charge in [0.15, 0.2) is 0 Å². The molecule has 0 saturated carbocycles. The van der Waals surface area contributed by atoms with E-state index in [1.807, 2.05) is 0 Å². The predicted octanol–water partition coefficient (Wildman–Crippen LogP) is 1.62. The van der Waals surface area contributed by atoms with Gasteiger partial charge in [-0.2, -0.15) is 0 Å². The standard InChI is InChI=1S/C14H23N3/c1-11-6-12(2)8-13(7-11)16-10-14-9-15-4-5-17(14)3/h6-8,14-16H,4-5,9-10H2,1-3H3. The summed E-state index contributed by atoms with van der Waals surface area (Å²) in [6, 6.07) is 7.22. The quantitative estimate of drug-likeness (QED) is 0.831. The molecule has 3 heteroatoms. The Bertz CT molecular complexity index is 355. The highest BCUT2D eigenvalue weighted by Gasteiger charge is 2.17. The lowest BCUT2D eigenvalue weighted by atomic mass is 10.1. The van der Waals surface area contributed by atoms with Crippen molar-refractivity contribution in [3.8, 4) is 0 Å². The Morgan fingerprint density at radius 2 is 2.00 bits per heavy atom. The Balaban J connectivity index is 1.92. The number of aryl methyl sites for hydroxylation is 2. The van der Waals surface area contributed by atoms with Crippen LogP contribution >= 0.6 is 0 Å². The number of nitrogens with one attached hydrogen (secondary N) is 2. The molecule has 1 aliphatic rings. The van der Waals surface area contributed by atoms with Crippen molar-refractivity contribution in [3.63, 3.8) is 0 Å². The maximum atomic E-state index is 3.54. The Kier molecular flexibility index (Phi) is 4.02. The lowest BCUT2D eigenvalue weighted by Gasteiger charge is -2.33. The molecule has 94 valence electrons. The van der Waals surface area contributed by atoms with Crippen LogP contribution in [0, 0.1) is 13.8 Å². The van der Waals surface area contributed by atoms with E-state index in [0.29, 0.717) is 6.04 Å². The molecular formula is C14H23N3. The average Bonchev–Trinajstić information content (AvgIpc) is 2.27. The lowest BCUT2D eigenvalue weighted by molar-refractivity contribution is 0.209. The molecule has 0 amide bonds. The number of rotatable bonds is 3. The second-order valence-electron chi connectivity index (χ2n) is 5.10. The van der Waals surface area contributed by atoms with Crippen LogP contribution in [0.1, 0.15) is 11.1 Å². The number of benzene rings is 1. The summed E-state index contributed by atoms with van der Waals surface area (Å²) in [5.74, 6) is 0. The van der Waals surface area contributed by atoms with Gasteiger partial charge in [-0.05, 0) is 44.2 Å². The molecule has 1 saturated heterocycles. The number of nitrogens with zero attached hydrogens (tertiary/aromatic N) is 1. The molecule has 0 spiro atoms. The van der Waals surface area contributed by atoms with Gasteiger partial charge in [-0.15, -0.1) is 0 Å². The van der Waals surface area contributed by atoms with Gasteiger partial charge >= 0.3 is 0 Å². The van der Waals surface area contributed by atoms with E-state index in [9.17, 15) is 0 Å². The topological polar surface area (TPSA) is 27.3 Å². The van der Waals surface area contributed by atoms with Crippen LogP contribution in [0.2, 0.25) is 0 Å². The van der Waals surface area contributed by atoms with Crippen LogP contribution in [0.3, 0.4) is 0 Å². The van der Waals surface area contributed by atoms with Crippen molar-refractivity contribution in [2.24, 2.45) is 0 Å². The Morgan fingerprint density at radius 1 is 1.29 bits per heavy atom. The molecule has 1 atom stereocenters. The summed E-state index contributed by atoms with van der Waals surface area (Å²) >= 11 is 0. The van der Waals surface area contributed by atoms with Gasteiger partial charge in [-0.25, -0.2) is 0 Å². The van der Waals surface area contributed by atoms with Gasteiger partial charge in [0, 0.05) is 37.9 Å². The first-order valence-electron chi connectivity index (χ1n) is 6.38. The highest BCUT2D eigenvalue weighted by Crippen LogP contribution is 2.14. The summed E-state index contributed by atoms with van der Waals surface area (Å²) in [6.07, 6.45) is 0. The van der Waals surface area contributed by atoms with E-state index in [1.54, 1.807) is 0 Å². The van der Waals surface area contributed by atoms with Crippen molar-refractivity contribution >= 4 is 5.69 Å². The minimum absolute atomic E-state index is 0.588. The molecule has 2 rings (SSSR count). The molecular weight excluding hydrogens is 210 g/mol. The molecule has 0 aliphatic carbocycles. The molecule has 0 bridgehead atoms. The number of likely N-dealkylation sites (N-methyl/N-ethyl adjacent to an activating group) is 1. The molecule has 17 heavy (non-hydrogen) atoms. The first-order chi connectivity index (χ1) is 8.15. The van der Waals surface area contributed by atoms with Gasteiger partial charge in [0.1, 0.15) is 0 Å². The third-order valence-corrected chi connectivity index (χ3v) is 3.41. The Morgan fingerprint density at radius 3 is 2.65 bits per heavy atom. The third-order valence-electron chi connectivity index (χ3n) is 3.41. The van der Waals surface area contributed by atoms with Gasteiger partial charge in [0.25, 0.3) is 0 Å². The van der Waals surface area contributed by atoms with Crippen molar-refractivity contribution < 1.29 is 0 Å². The number of hydrogen-bond acceptors (Lipinski definition) is 3. The van der Waals surface area contributed by atoms with Crippen molar-refractivity contribution in [1.82, 2.24) is 10.2 Å². The Hall–Kier alpha value is -1.06. The molecule has 0 aromatic heterocycles. The fraction of sp³-hybridized carbons (Fsp3) is 0.571. The van der Waals surface area contributed by atoms with Crippen LogP contribution in [0.15, 0.2) is 18.2 Å². The lowest BCUT2D eigenvalue weighted by Crippen LogP contribution is -2.52. The van der Waals surface area contributed by atoms with Crippen LogP contribution in [0.4, 0.5) is 5.69 Å². The molecule has 1 fully saturated rings. The molecule has 0 radical (unpaired) electrons. The number of piperazine rings is 1. The zero-order valence-corrected chi connectivity index (χ0v) is 11.1. The normalized spacial score (nSPS) is 21.5. The molecule has 1 heterocycles. The third kappa shape index (κ3) is 3.45. The summed E-state index contributed by atoms with van der Waals surface area (Å²) in [5.41, 5.74) is 3.88. The highest BCUT2D eigenvalue weighted by atomic mass is 15.2. The molecule has 1 aliphatic heterocycles. The van der Waals surface area contributed by atoms with E-state index >= 15 is 0 Å². The molecule has 1 unspecified atom stereocenters. The highest BCUT2D eigenvalue weighted by molar-refractivity contribution is 5.48. The summed E-state index contributed by atoms with van der Waals surface area (Å²) in [6.45, 7) is 8.62. The van der Waals surface area contributed by atoms with Gasteiger partial charge in [-0.3, -0.25) is 4.90 Å². The maximum absolute atomic E-state index is 3.54. The predicted molar refractivity (Wildman–Crippen MR) is 73.7 cm³/mol. The molecule has 3 nitrogen and oxygen atoms in total. The minimum Gasteiger partial charge on any atom is -0.383 e. The van der Waals surface area contributed by atoms with E-state index in [4.69, 9.17) is 0 Å². The van der Waals surface area contributed by atoms with E-state index in [0.717, 1.165) is 26.2 Å². The minimum atomic E-state index is 0.588. The smallest absolute Gasteiger partial charge is 0.0390 e. The zero-order chi connectivity index (χ0) is 12.3. The fourth-order valence-electron chi connectivity index (χ4n) is 2.40. The van der Waals surface area contributed by atoms with E-state index in [1.165, 1.54) is 16.8 Å². The average molecular weight is 233 g/mol. The van der Waals surface area contributed by atoms with E-state index in [-0.39, 0.29) is 0 Å². The summed E-state index contributed by atoms with van der Waals surface area (Å²) < 4.78 is 0. The van der Waals surface area contributed by atoms with E-state index in [2.05, 4.69) is 54.6 Å². The van der Waals surface area contributed by atoms with Crippen molar-refractivity contribution in [2.45, 2.75) is 19.9 Å². The van der Waals surface area contributed by atoms with Crippen LogP contribution in [-0.2, 0) is 0 Å². The van der Waals surface area contributed by atoms with Crippen molar-refractivity contribution in [3.05, 3.63) is 29.3 Å². The van der Waals surface area contributed by atoms with Gasteiger partial charge in [0.05, 0.1) is 0 Å². The first-order valence-corrected chi connectivity index (χ1v) is 6.38. The second-order valence-corrected chi connectivity index (χ2v) is 5.10. The number of hydrogen-bond donors (Lipinski definition) is 2. The Labute approximate surface area is 104 Å². The van der Waals surface area contributed by atoms with Crippen LogP contribution < -0.4 is 10.6 Å². The monoisotopic (exact) mass is 233 g/mol. The summed E-state index contributed by atoms with van der Waals surface area (Å²) in [7, 11) is 2.20. The second kappa shape index (κ2) is 5.52. The number of anilines is 1. The van der Waals surface area contributed by atoms with Gasteiger partial charge in [-0.1, -0.05) is 6.07 Å². The van der Waals surface area contributed by atoms with E-state index < -0.39 is 0 Å².